The van der Waals surface area contributed by atoms with Gasteiger partial charge in [0.25, 0.3) is 8.32 Å². The van der Waals surface area contributed by atoms with Crippen LogP contribution in [0.25, 0.3) is 6.08 Å². The molecule has 4 rings (SSSR count). The topological polar surface area (TPSA) is 100 Å². The lowest BCUT2D eigenvalue weighted by atomic mass is 10.0. The molecule has 0 amide bonds. The summed E-state index contributed by atoms with van der Waals surface area (Å²) in [4.78, 5) is 14.0. The minimum atomic E-state index is -2.77. The molecular formula is C52H80O10Si3. The maximum atomic E-state index is 14.0. The maximum Gasteiger partial charge on any atom is 0.342 e. The van der Waals surface area contributed by atoms with Gasteiger partial charge in [-0.15, -0.1) is 0 Å². The monoisotopic (exact) mass is 949 g/mol. The third-order valence-corrected chi connectivity index (χ3v) is 23.6. The molecule has 65 heavy (non-hydrogen) atoms. The molecule has 4 atom stereocenters. The Morgan fingerprint density at radius 1 is 0.800 bits per heavy atom. The summed E-state index contributed by atoms with van der Waals surface area (Å²) in [6.45, 7) is 31.2. The molecule has 3 aromatic carbocycles. The fraction of sp³-hybridized carbons (Fsp3) is 0.558. The highest BCUT2D eigenvalue weighted by Crippen LogP contribution is 2.44. The molecule has 10 nitrogen and oxygen atoms in total. The van der Waals surface area contributed by atoms with Crippen molar-refractivity contribution in [2.24, 2.45) is 0 Å². The molecule has 0 aromatic heterocycles. The Morgan fingerprint density at radius 3 is 1.91 bits per heavy atom. The minimum absolute atomic E-state index is 0.0563. The van der Waals surface area contributed by atoms with Crippen molar-refractivity contribution in [2.45, 2.75) is 154 Å². The normalized spacial score (nSPS) is 18.2. The van der Waals surface area contributed by atoms with E-state index < -0.39 is 48.7 Å². The van der Waals surface area contributed by atoms with E-state index in [0.717, 1.165) is 6.04 Å². The van der Waals surface area contributed by atoms with Gasteiger partial charge in [-0.25, -0.2) is 4.79 Å². The van der Waals surface area contributed by atoms with E-state index in [-0.39, 0.29) is 46.1 Å². The zero-order valence-electron chi connectivity index (χ0n) is 42.6. The minimum Gasteiger partial charge on any atom is -0.493 e. The molecule has 0 spiro atoms. The van der Waals surface area contributed by atoms with E-state index in [1.54, 1.807) is 13.2 Å². The second-order valence-corrected chi connectivity index (χ2v) is 35.9. The van der Waals surface area contributed by atoms with Gasteiger partial charge in [-0.2, -0.15) is 0 Å². The number of hydrogen-bond acceptors (Lipinski definition) is 10. The van der Waals surface area contributed by atoms with E-state index in [1.165, 1.54) is 24.6 Å². The average molecular weight is 949 g/mol. The number of ether oxygens (including phenoxy) is 7. The van der Waals surface area contributed by atoms with Gasteiger partial charge >= 0.3 is 5.97 Å². The number of esters is 1. The van der Waals surface area contributed by atoms with Gasteiger partial charge in [-0.05, 0) is 84.8 Å². The number of hydrogen-bond donors (Lipinski definition) is 0. The zero-order chi connectivity index (χ0) is 48.4. The van der Waals surface area contributed by atoms with E-state index in [1.807, 2.05) is 26.0 Å². The van der Waals surface area contributed by atoms with Crippen LogP contribution in [0, 0.1) is 0 Å². The maximum absolute atomic E-state index is 14.0. The first kappa shape index (κ1) is 54.1. The molecule has 13 heteroatoms. The average Bonchev–Trinajstić information content (AvgIpc) is 3.53. The molecule has 1 aliphatic rings. The van der Waals surface area contributed by atoms with Crippen LogP contribution in [0.1, 0.15) is 91.1 Å². The summed E-state index contributed by atoms with van der Waals surface area (Å²) in [7, 11) is -2.01. The van der Waals surface area contributed by atoms with Gasteiger partial charge < -0.3 is 42.0 Å². The van der Waals surface area contributed by atoms with Crippen LogP contribution in [0.2, 0.25) is 48.9 Å². The molecule has 3 aromatic rings. The van der Waals surface area contributed by atoms with Gasteiger partial charge in [0, 0.05) is 21.3 Å². The van der Waals surface area contributed by atoms with Gasteiger partial charge in [0.05, 0.1) is 33.0 Å². The van der Waals surface area contributed by atoms with Crippen molar-refractivity contribution in [2.75, 3.05) is 34.7 Å². The van der Waals surface area contributed by atoms with Gasteiger partial charge in [0.1, 0.15) is 11.7 Å². The number of carbonyl (C=O) groups excluding carboxylic acids is 1. The van der Waals surface area contributed by atoms with E-state index in [4.69, 9.17) is 42.0 Å². The molecule has 1 aliphatic heterocycles. The first-order chi connectivity index (χ1) is 30.3. The van der Waals surface area contributed by atoms with Gasteiger partial charge in [-0.1, -0.05) is 146 Å². The van der Waals surface area contributed by atoms with Crippen LogP contribution >= 0.6 is 0 Å². The van der Waals surface area contributed by atoms with E-state index >= 15 is 0 Å². The highest BCUT2D eigenvalue weighted by atomic mass is 28.4. The zero-order valence-corrected chi connectivity index (χ0v) is 45.6. The van der Waals surface area contributed by atoms with Crippen molar-refractivity contribution in [1.29, 1.82) is 0 Å². The fourth-order valence-corrected chi connectivity index (χ4v) is 14.6. The number of methoxy groups -OCH3 is 3. The van der Waals surface area contributed by atoms with Crippen LogP contribution in [0.15, 0.2) is 85.0 Å². The van der Waals surface area contributed by atoms with E-state index in [2.05, 4.69) is 154 Å². The first-order valence-electron chi connectivity index (χ1n) is 23.0. The van der Waals surface area contributed by atoms with Crippen LogP contribution in [-0.4, -0.2) is 95.6 Å². The number of rotatable bonds is 22. The SMILES string of the molecule is COCOc1c(OC)c(OC)cc(/C=C/C[C@@H]2OC(C)(C)O[C@@H]2C(/C=C\C[C@H](C)O[Si](c2ccccc2)(c2ccccc2)C(C)(C)C)O[Si](C)(C)C(C)(C)C)c1C(=O)OCC[Si](C)(C)C. The Morgan fingerprint density at radius 2 is 1.40 bits per heavy atom. The molecule has 1 saturated heterocycles. The summed E-state index contributed by atoms with van der Waals surface area (Å²) in [5, 5.41) is 2.30. The number of benzene rings is 3. The van der Waals surface area contributed by atoms with Crippen molar-refractivity contribution in [3.05, 3.63) is 96.1 Å². The second kappa shape index (κ2) is 22.5. The lowest BCUT2D eigenvalue weighted by Gasteiger charge is -2.44. The summed E-state index contributed by atoms with van der Waals surface area (Å²) in [6.07, 6.45) is 8.04. The summed E-state index contributed by atoms with van der Waals surface area (Å²) in [5.41, 5.74) is 0.772. The molecular weight excluding hydrogens is 869 g/mol. The molecule has 0 N–H and O–H groups in total. The first-order valence-corrected chi connectivity index (χ1v) is 31.6. The van der Waals surface area contributed by atoms with Crippen LogP contribution in [-0.2, 0) is 27.8 Å². The molecule has 360 valence electrons. The van der Waals surface area contributed by atoms with E-state index in [9.17, 15) is 4.79 Å². The van der Waals surface area contributed by atoms with Crippen molar-refractivity contribution >= 4 is 47.1 Å². The van der Waals surface area contributed by atoms with Crippen LogP contribution in [0.5, 0.6) is 17.2 Å². The van der Waals surface area contributed by atoms with Gasteiger partial charge in [-0.3, -0.25) is 0 Å². The molecule has 1 unspecified atom stereocenters. The summed E-state index contributed by atoms with van der Waals surface area (Å²) < 4.78 is 56.7. The molecule has 1 heterocycles. The summed E-state index contributed by atoms with van der Waals surface area (Å²) in [6, 6.07) is 24.1. The molecule has 0 radical (unpaired) electrons. The summed E-state index contributed by atoms with van der Waals surface area (Å²) >= 11 is 0. The third-order valence-electron chi connectivity index (χ3n) is 12.3. The van der Waals surface area contributed by atoms with Crippen molar-refractivity contribution in [3.63, 3.8) is 0 Å². The Hall–Kier alpha value is -3.54. The Balaban J connectivity index is 1.71. The largest absolute Gasteiger partial charge is 0.493 e. The van der Waals surface area contributed by atoms with Crippen molar-refractivity contribution < 1.29 is 46.8 Å². The highest BCUT2D eigenvalue weighted by Gasteiger charge is 2.51. The molecule has 0 aliphatic carbocycles. The van der Waals surface area contributed by atoms with Gasteiger partial charge in [0.2, 0.25) is 5.75 Å². The predicted octanol–water partition coefficient (Wildman–Crippen LogP) is 11.4. The fourth-order valence-electron chi connectivity index (χ4n) is 7.93. The lowest BCUT2D eigenvalue weighted by Crippen LogP contribution is -2.67. The smallest absolute Gasteiger partial charge is 0.342 e. The standard InChI is InChI=1S/C52H80O10Si3/c1-38(61-65(51(5,6)7,40-28-20-18-21-29-40)41-30-22-19-23-31-41)26-24-33-43(62-64(16,17)50(2,3)4)46-42(59-52(8,9)60-46)32-25-27-39-36-44(55-11)47(56-12)48(58-37-54-10)45(39)49(53)57-34-35-63(13,14)15/h18-25,27-31,33,36,38,42-43,46H,26,32,34-35,37H2,1-17H3/b27-25+,33-24-/t38-,42-,43?,46-/m0/s1. The Kier molecular flexibility index (Phi) is 18.7. The molecule has 1 fully saturated rings. The van der Waals surface area contributed by atoms with Crippen molar-refractivity contribution in [3.8, 4) is 17.2 Å². The van der Waals surface area contributed by atoms with Gasteiger partial charge in [0.15, 0.2) is 32.4 Å². The van der Waals surface area contributed by atoms with Crippen LogP contribution < -0.4 is 24.6 Å². The number of carbonyl (C=O) groups is 1. The third kappa shape index (κ3) is 14.0. The molecule has 0 bridgehead atoms. The highest BCUT2D eigenvalue weighted by molar-refractivity contribution is 6.99. The van der Waals surface area contributed by atoms with E-state index in [0.29, 0.717) is 30.8 Å². The Labute approximate surface area is 394 Å². The molecule has 0 saturated carbocycles. The van der Waals surface area contributed by atoms with Crippen LogP contribution in [0.4, 0.5) is 0 Å². The second-order valence-electron chi connectivity index (χ2n) is 21.3. The van der Waals surface area contributed by atoms with Crippen molar-refractivity contribution in [1.82, 2.24) is 0 Å². The lowest BCUT2D eigenvalue weighted by molar-refractivity contribution is -0.151. The summed E-state index contributed by atoms with van der Waals surface area (Å²) in [5.74, 6) is -0.529. The quantitative estimate of drug-likeness (QED) is 0.0419. The Bertz CT molecular complexity index is 1990. The predicted molar refractivity (Wildman–Crippen MR) is 272 cm³/mol. The van der Waals surface area contributed by atoms with Crippen LogP contribution in [0.3, 0.4) is 0 Å².